The van der Waals surface area contributed by atoms with Crippen LogP contribution in [-0.4, -0.2) is 37.1 Å². The Morgan fingerprint density at radius 1 is 0.952 bits per heavy atom. The lowest BCUT2D eigenvalue weighted by Crippen LogP contribution is -2.42. The molecule has 2 fully saturated rings. The number of nitrogens with zero attached hydrogens (tertiary/aromatic N) is 1. The third kappa shape index (κ3) is 5.56. The van der Waals surface area contributed by atoms with Crippen LogP contribution in [0.25, 0.3) is 0 Å². The minimum atomic E-state index is 0.779. The molecule has 0 amide bonds. The average molecular weight is 295 g/mol. The maximum absolute atomic E-state index is 3.78. The van der Waals surface area contributed by atoms with Gasteiger partial charge in [-0.2, -0.15) is 0 Å². The molecule has 1 aliphatic carbocycles. The van der Waals surface area contributed by atoms with Crippen LogP contribution in [0.1, 0.15) is 72.1 Å². The fourth-order valence-corrected chi connectivity index (χ4v) is 4.50. The highest BCUT2D eigenvalue weighted by molar-refractivity contribution is 4.83. The van der Waals surface area contributed by atoms with E-state index in [1.54, 1.807) is 0 Å². The summed E-state index contributed by atoms with van der Waals surface area (Å²) in [5, 5.41) is 3.78. The Kier molecular flexibility index (Phi) is 7.53. The largest absolute Gasteiger partial charge is 0.314 e. The summed E-state index contributed by atoms with van der Waals surface area (Å²) >= 11 is 0. The van der Waals surface area contributed by atoms with Crippen molar-refractivity contribution in [2.24, 2.45) is 17.8 Å². The van der Waals surface area contributed by atoms with Gasteiger partial charge in [0, 0.05) is 12.6 Å². The fraction of sp³-hybridized carbons (Fsp3) is 1.00. The number of hydrogen-bond donors (Lipinski definition) is 1. The van der Waals surface area contributed by atoms with E-state index in [-0.39, 0.29) is 0 Å². The minimum absolute atomic E-state index is 0.779. The van der Waals surface area contributed by atoms with Crippen LogP contribution in [0.15, 0.2) is 0 Å². The lowest BCUT2D eigenvalue weighted by Gasteiger charge is -2.31. The first-order valence-corrected chi connectivity index (χ1v) is 9.66. The summed E-state index contributed by atoms with van der Waals surface area (Å²) in [6.45, 7) is 12.3. The summed E-state index contributed by atoms with van der Waals surface area (Å²) in [5.41, 5.74) is 0. The Morgan fingerprint density at radius 3 is 2.52 bits per heavy atom. The molecule has 2 aliphatic rings. The molecule has 1 aliphatic heterocycles. The van der Waals surface area contributed by atoms with E-state index in [9.17, 15) is 0 Å². The van der Waals surface area contributed by atoms with Gasteiger partial charge in [0.2, 0.25) is 0 Å². The van der Waals surface area contributed by atoms with Crippen LogP contribution in [-0.2, 0) is 0 Å². The van der Waals surface area contributed by atoms with E-state index >= 15 is 0 Å². The van der Waals surface area contributed by atoms with Gasteiger partial charge in [-0.05, 0) is 69.5 Å². The maximum atomic E-state index is 3.78. The SMILES string of the molecule is CCNC1CCCCCC1CN1CCCC(C(C)C)CC1. The van der Waals surface area contributed by atoms with Crippen molar-refractivity contribution in [3.63, 3.8) is 0 Å². The molecule has 1 saturated carbocycles. The van der Waals surface area contributed by atoms with Crippen molar-refractivity contribution in [2.75, 3.05) is 26.2 Å². The monoisotopic (exact) mass is 294 g/mol. The second kappa shape index (κ2) is 9.15. The molecule has 0 bridgehead atoms. The standard InChI is InChI=1S/C19H38N2/c1-4-20-19-11-7-5-6-9-18(19)15-21-13-8-10-17(12-14-21)16(2)3/h16-20H,4-15H2,1-3H3. The Morgan fingerprint density at radius 2 is 1.76 bits per heavy atom. The van der Waals surface area contributed by atoms with Crippen molar-refractivity contribution >= 4 is 0 Å². The van der Waals surface area contributed by atoms with Gasteiger partial charge < -0.3 is 10.2 Å². The van der Waals surface area contributed by atoms with Crippen molar-refractivity contribution in [2.45, 2.75) is 78.2 Å². The normalized spacial score (nSPS) is 32.9. The van der Waals surface area contributed by atoms with Gasteiger partial charge in [0.1, 0.15) is 0 Å². The lowest BCUT2D eigenvalue weighted by atomic mass is 9.89. The van der Waals surface area contributed by atoms with E-state index in [0.29, 0.717) is 0 Å². The number of nitrogens with one attached hydrogen (secondary N) is 1. The van der Waals surface area contributed by atoms with Crippen LogP contribution in [0, 0.1) is 17.8 Å². The minimum Gasteiger partial charge on any atom is -0.314 e. The van der Waals surface area contributed by atoms with Gasteiger partial charge in [-0.15, -0.1) is 0 Å². The third-order valence-electron chi connectivity index (χ3n) is 5.93. The molecular formula is C19H38N2. The molecule has 1 N–H and O–H groups in total. The first-order chi connectivity index (χ1) is 10.2. The van der Waals surface area contributed by atoms with Gasteiger partial charge in [0.25, 0.3) is 0 Å². The van der Waals surface area contributed by atoms with E-state index in [1.807, 2.05) is 0 Å². The predicted octanol–water partition coefficient (Wildman–Crippen LogP) is 4.30. The van der Waals surface area contributed by atoms with E-state index in [0.717, 1.165) is 30.3 Å². The molecular weight excluding hydrogens is 256 g/mol. The molecule has 1 saturated heterocycles. The Labute approximate surface area is 133 Å². The molecule has 0 aromatic carbocycles. The topological polar surface area (TPSA) is 15.3 Å². The quantitative estimate of drug-likeness (QED) is 0.760. The van der Waals surface area contributed by atoms with Crippen molar-refractivity contribution in [1.82, 2.24) is 10.2 Å². The molecule has 2 nitrogen and oxygen atoms in total. The smallest absolute Gasteiger partial charge is 0.0107 e. The molecule has 3 unspecified atom stereocenters. The number of rotatable bonds is 5. The summed E-state index contributed by atoms with van der Waals surface area (Å²) in [5.74, 6) is 2.73. The van der Waals surface area contributed by atoms with Crippen molar-refractivity contribution in [1.29, 1.82) is 0 Å². The van der Waals surface area contributed by atoms with Crippen LogP contribution in [0.5, 0.6) is 0 Å². The lowest BCUT2D eigenvalue weighted by molar-refractivity contribution is 0.196. The van der Waals surface area contributed by atoms with Gasteiger partial charge in [-0.1, -0.05) is 40.0 Å². The van der Waals surface area contributed by atoms with Crippen LogP contribution < -0.4 is 5.32 Å². The Hall–Kier alpha value is -0.0800. The van der Waals surface area contributed by atoms with Gasteiger partial charge >= 0.3 is 0 Å². The summed E-state index contributed by atoms with van der Waals surface area (Å²) in [6.07, 6.45) is 11.5. The highest BCUT2D eigenvalue weighted by Crippen LogP contribution is 2.28. The van der Waals surface area contributed by atoms with Crippen molar-refractivity contribution in [3.05, 3.63) is 0 Å². The molecule has 0 radical (unpaired) electrons. The van der Waals surface area contributed by atoms with Crippen LogP contribution in [0.3, 0.4) is 0 Å². The highest BCUT2D eigenvalue weighted by atomic mass is 15.1. The maximum Gasteiger partial charge on any atom is 0.0107 e. The van der Waals surface area contributed by atoms with E-state index < -0.39 is 0 Å². The van der Waals surface area contributed by atoms with Crippen LogP contribution in [0.4, 0.5) is 0 Å². The number of hydrogen-bond acceptors (Lipinski definition) is 2. The first kappa shape index (κ1) is 17.3. The molecule has 0 spiro atoms. The summed E-state index contributed by atoms with van der Waals surface area (Å²) in [6, 6.07) is 0.779. The Bertz CT molecular complexity index is 277. The fourth-order valence-electron chi connectivity index (χ4n) is 4.50. The molecule has 2 rings (SSSR count). The third-order valence-corrected chi connectivity index (χ3v) is 5.93. The van der Waals surface area contributed by atoms with Gasteiger partial charge in [-0.25, -0.2) is 0 Å². The van der Waals surface area contributed by atoms with E-state index in [2.05, 4.69) is 31.0 Å². The highest BCUT2D eigenvalue weighted by Gasteiger charge is 2.26. The van der Waals surface area contributed by atoms with Crippen molar-refractivity contribution in [3.8, 4) is 0 Å². The van der Waals surface area contributed by atoms with Gasteiger partial charge in [0.05, 0.1) is 0 Å². The van der Waals surface area contributed by atoms with Gasteiger partial charge in [-0.3, -0.25) is 0 Å². The summed E-state index contributed by atoms with van der Waals surface area (Å²) in [4.78, 5) is 2.79. The molecule has 124 valence electrons. The number of likely N-dealkylation sites (tertiary alicyclic amines) is 1. The zero-order valence-corrected chi connectivity index (χ0v) is 14.7. The van der Waals surface area contributed by atoms with Crippen LogP contribution in [0.2, 0.25) is 0 Å². The summed E-state index contributed by atoms with van der Waals surface area (Å²) < 4.78 is 0. The molecule has 2 heteroatoms. The molecule has 0 aromatic rings. The van der Waals surface area contributed by atoms with E-state index in [1.165, 1.54) is 71.0 Å². The van der Waals surface area contributed by atoms with E-state index in [4.69, 9.17) is 0 Å². The molecule has 3 atom stereocenters. The molecule has 21 heavy (non-hydrogen) atoms. The first-order valence-electron chi connectivity index (χ1n) is 9.66. The molecule has 0 aromatic heterocycles. The average Bonchev–Trinajstić information content (AvgIpc) is 2.81. The predicted molar refractivity (Wildman–Crippen MR) is 92.7 cm³/mol. The Balaban J connectivity index is 1.86. The van der Waals surface area contributed by atoms with Gasteiger partial charge in [0.15, 0.2) is 0 Å². The van der Waals surface area contributed by atoms with Crippen molar-refractivity contribution < 1.29 is 0 Å². The zero-order chi connectivity index (χ0) is 15.1. The van der Waals surface area contributed by atoms with Crippen LogP contribution >= 0.6 is 0 Å². The zero-order valence-electron chi connectivity index (χ0n) is 14.7. The summed E-state index contributed by atoms with van der Waals surface area (Å²) in [7, 11) is 0. The second-order valence-corrected chi connectivity index (χ2v) is 7.80. The molecule has 1 heterocycles. The second-order valence-electron chi connectivity index (χ2n) is 7.80.